The van der Waals surface area contributed by atoms with E-state index < -0.39 is 23.9 Å². The summed E-state index contributed by atoms with van der Waals surface area (Å²) in [5, 5.41) is 24.1. The number of carboxylic acid groups (broad SMARTS) is 2. The molecule has 0 bridgehead atoms. The Bertz CT molecular complexity index is 1470. The van der Waals surface area contributed by atoms with Crippen LogP contribution in [0.3, 0.4) is 0 Å². The van der Waals surface area contributed by atoms with Gasteiger partial charge in [0.15, 0.2) is 5.76 Å². The Kier molecular flexibility index (Phi) is 7.34. The van der Waals surface area contributed by atoms with Gasteiger partial charge in [-0.15, -0.1) is 0 Å². The number of nitrogens with one attached hydrogen (secondary N) is 2. The molecular formula is C28H24N2O7. The highest BCUT2D eigenvalue weighted by molar-refractivity contribution is 6.06. The zero-order valence-corrected chi connectivity index (χ0v) is 19.9. The van der Waals surface area contributed by atoms with Crippen LogP contribution in [0.15, 0.2) is 77.2 Å². The molecule has 3 aromatic carbocycles. The first-order chi connectivity index (χ1) is 17.7. The molecule has 0 saturated heterocycles. The van der Waals surface area contributed by atoms with Gasteiger partial charge in [-0.3, -0.25) is 14.4 Å². The molecule has 9 heteroatoms. The summed E-state index contributed by atoms with van der Waals surface area (Å²) >= 11 is 0. The number of hydrogen-bond donors (Lipinski definition) is 4. The van der Waals surface area contributed by atoms with E-state index in [2.05, 4.69) is 10.6 Å². The molecule has 2 amide bonds. The average molecular weight is 501 g/mol. The normalized spacial score (nSPS) is 11.6. The molecule has 4 N–H and O–H groups in total. The second-order valence-electron chi connectivity index (χ2n) is 8.46. The Morgan fingerprint density at radius 1 is 0.838 bits per heavy atom. The van der Waals surface area contributed by atoms with Gasteiger partial charge in [-0.05, 0) is 54.8 Å². The van der Waals surface area contributed by atoms with E-state index in [1.54, 1.807) is 36.4 Å². The van der Waals surface area contributed by atoms with Crippen LogP contribution in [0.2, 0.25) is 0 Å². The monoisotopic (exact) mass is 500 g/mol. The van der Waals surface area contributed by atoms with E-state index in [9.17, 15) is 24.3 Å². The highest BCUT2D eigenvalue weighted by atomic mass is 16.4. The first-order valence-electron chi connectivity index (χ1n) is 11.5. The van der Waals surface area contributed by atoms with E-state index in [1.807, 2.05) is 43.3 Å². The Balaban J connectivity index is 1.41. The van der Waals surface area contributed by atoms with Gasteiger partial charge in [-0.25, -0.2) is 4.79 Å². The van der Waals surface area contributed by atoms with Gasteiger partial charge in [0.05, 0.1) is 0 Å². The fourth-order valence-corrected chi connectivity index (χ4v) is 3.91. The predicted octanol–water partition coefficient (Wildman–Crippen LogP) is 4.71. The molecule has 4 rings (SSSR count). The number of rotatable bonds is 9. The summed E-state index contributed by atoms with van der Waals surface area (Å²) in [6.45, 7) is 1.84. The minimum absolute atomic E-state index is 0.215. The third-order valence-corrected chi connectivity index (χ3v) is 5.92. The number of hydrogen-bond acceptors (Lipinski definition) is 5. The van der Waals surface area contributed by atoms with E-state index >= 15 is 0 Å². The number of carboxylic acids is 2. The molecule has 0 spiro atoms. The van der Waals surface area contributed by atoms with E-state index in [0.717, 1.165) is 22.1 Å². The van der Waals surface area contributed by atoms with Crippen LogP contribution >= 0.6 is 0 Å². The van der Waals surface area contributed by atoms with E-state index in [-0.39, 0.29) is 30.1 Å². The average Bonchev–Trinajstić information content (AvgIpc) is 3.23. The Hall–Kier alpha value is -4.92. The molecule has 9 nitrogen and oxygen atoms in total. The van der Waals surface area contributed by atoms with E-state index in [0.29, 0.717) is 11.3 Å². The fraction of sp³-hybridized carbons (Fsp3) is 0.143. The molecule has 0 radical (unpaired) electrons. The lowest BCUT2D eigenvalue weighted by molar-refractivity contribution is -0.140. The van der Waals surface area contributed by atoms with Gasteiger partial charge in [-0.2, -0.15) is 0 Å². The van der Waals surface area contributed by atoms with Crippen LogP contribution in [0, 0.1) is 6.92 Å². The summed E-state index contributed by atoms with van der Waals surface area (Å²) in [7, 11) is 0. The Morgan fingerprint density at radius 2 is 1.46 bits per heavy atom. The van der Waals surface area contributed by atoms with Crippen LogP contribution in [-0.4, -0.2) is 40.0 Å². The number of amides is 2. The fourth-order valence-electron chi connectivity index (χ4n) is 3.91. The molecule has 0 unspecified atom stereocenters. The summed E-state index contributed by atoms with van der Waals surface area (Å²) in [6, 6.07) is 19.9. The van der Waals surface area contributed by atoms with Crippen molar-refractivity contribution >= 4 is 40.4 Å². The van der Waals surface area contributed by atoms with Crippen molar-refractivity contribution in [3.63, 3.8) is 0 Å². The maximum atomic E-state index is 12.7. The van der Waals surface area contributed by atoms with Gasteiger partial charge in [0.1, 0.15) is 11.6 Å². The van der Waals surface area contributed by atoms with E-state index in [4.69, 9.17) is 9.52 Å². The molecule has 1 heterocycles. The first kappa shape index (κ1) is 25.2. The zero-order valence-electron chi connectivity index (χ0n) is 19.9. The quantitative estimate of drug-likeness (QED) is 0.260. The van der Waals surface area contributed by atoms with Crippen molar-refractivity contribution in [2.24, 2.45) is 0 Å². The van der Waals surface area contributed by atoms with Crippen LogP contribution in [-0.2, 0) is 9.59 Å². The van der Waals surface area contributed by atoms with Gasteiger partial charge in [-0.1, -0.05) is 42.5 Å². The maximum Gasteiger partial charge on any atom is 0.326 e. The van der Waals surface area contributed by atoms with Gasteiger partial charge in [0.25, 0.3) is 11.8 Å². The van der Waals surface area contributed by atoms with Crippen LogP contribution in [0.1, 0.15) is 39.3 Å². The van der Waals surface area contributed by atoms with Crippen molar-refractivity contribution in [2.75, 3.05) is 5.32 Å². The molecule has 0 saturated carbocycles. The van der Waals surface area contributed by atoms with Gasteiger partial charge >= 0.3 is 11.9 Å². The molecule has 0 aliphatic heterocycles. The molecule has 0 aliphatic carbocycles. The van der Waals surface area contributed by atoms with Crippen molar-refractivity contribution in [1.82, 2.24) is 5.32 Å². The number of carbonyl (C=O) groups excluding carboxylic acids is 2. The summed E-state index contributed by atoms with van der Waals surface area (Å²) in [6.07, 6.45) is -0.586. The van der Waals surface area contributed by atoms with Crippen LogP contribution < -0.4 is 10.6 Å². The number of furan rings is 1. The lowest BCUT2D eigenvalue weighted by Gasteiger charge is -2.13. The summed E-state index contributed by atoms with van der Waals surface area (Å²) in [5.74, 6) is -3.13. The summed E-state index contributed by atoms with van der Waals surface area (Å²) in [5.41, 5.74) is 3.90. The van der Waals surface area contributed by atoms with Crippen LogP contribution in [0.4, 0.5) is 5.69 Å². The molecule has 1 atom stereocenters. The van der Waals surface area contributed by atoms with Gasteiger partial charge < -0.3 is 25.3 Å². The standard InChI is InChI=1S/C28H24N2O7/c1-16-21-4-2-3-5-23(21)37-25(16)27(34)29-20-12-10-18(11-13-20)17-6-8-19(9-7-17)26(33)30-22(28(35)36)14-15-24(31)32/h2-13,22H,14-15H2,1H3,(H,29,34)(H,30,33)(H,31,32)(H,35,36)/t22-/m0/s1. The minimum atomic E-state index is -1.30. The maximum absolute atomic E-state index is 12.7. The Labute approximate surface area is 211 Å². The molecule has 4 aromatic rings. The zero-order chi connectivity index (χ0) is 26.5. The van der Waals surface area contributed by atoms with E-state index in [1.165, 1.54) is 0 Å². The third kappa shape index (κ3) is 5.84. The minimum Gasteiger partial charge on any atom is -0.481 e. The van der Waals surface area contributed by atoms with Gasteiger partial charge in [0, 0.05) is 28.6 Å². The molecule has 37 heavy (non-hydrogen) atoms. The lowest BCUT2D eigenvalue weighted by atomic mass is 10.0. The third-order valence-electron chi connectivity index (χ3n) is 5.92. The number of para-hydroxylation sites is 1. The van der Waals surface area contributed by atoms with Crippen molar-refractivity contribution < 1.29 is 33.8 Å². The lowest BCUT2D eigenvalue weighted by Crippen LogP contribution is -2.41. The highest BCUT2D eigenvalue weighted by Crippen LogP contribution is 2.26. The van der Waals surface area contributed by atoms with Crippen LogP contribution in [0.5, 0.6) is 0 Å². The molecule has 0 fully saturated rings. The molecular weight excluding hydrogens is 476 g/mol. The van der Waals surface area contributed by atoms with Gasteiger partial charge in [0.2, 0.25) is 0 Å². The second-order valence-corrected chi connectivity index (χ2v) is 8.46. The second kappa shape index (κ2) is 10.8. The van der Waals surface area contributed by atoms with Crippen molar-refractivity contribution in [3.8, 4) is 11.1 Å². The number of anilines is 1. The number of aryl methyl sites for hydroxylation is 1. The number of fused-ring (bicyclic) bond motifs is 1. The number of benzene rings is 3. The Morgan fingerprint density at radius 3 is 2.05 bits per heavy atom. The molecule has 1 aromatic heterocycles. The number of aliphatic carboxylic acids is 2. The van der Waals surface area contributed by atoms with Crippen molar-refractivity contribution in [1.29, 1.82) is 0 Å². The smallest absolute Gasteiger partial charge is 0.326 e. The largest absolute Gasteiger partial charge is 0.481 e. The topological polar surface area (TPSA) is 146 Å². The highest BCUT2D eigenvalue weighted by Gasteiger charge is 2.22. The first-order valence-corrected chi connectivity index (χ1v) is 11.5. The predicted molar refractivity (Wildman–Crippen MR) is 137 cm³/mol. The summed E-state index contributed by atoms with van der Waals surface area (Å²) < 4.78 is 5.71. The van der Waals surface area contributed by atoms with Crippen molar-refractivity contribution in [2.45, 2.75) is 25.8 Å². The summed E-state index contributed by atoms with van der Waals surface area (Å²) in [4.78, 5) is 47.2. The number of carbonyl (C=O) groups is 4. The molecule has 0 aliphatic rings. The van der Waals surface area contributed by atoms with Crippen molar-refractivity contribution in [3.05, 3.63) is 89.7 Å². The SMILES string of the molecule is Cc1c(C(=O)Nc2ccc(-c3ccc(C(=O)N[C@@H](CCC(=O)O)C(=O)O)cc3)cc2)oc2ccccc12. The molecule has 188 valence electrons. The van der Waals surface area contributed by atoms with Crippen LogP contribution in [0.25, 0.3) is 22.1 Å².